The molecule has 1 amide bonds. The summed E-state index contributed by atoms with van der Waals surface area (Å²) in [6, 6.07) is 5.75. The Hall–Kier alpha value is -2.04. The number of amides is 1. The molecule has 22 heavy (non-hydrogen) atoms. The molecule has 3 rings (SSSR count). The van der Waals surface area contributed by atoms with E-state index in [1.165, 1.54) is 0 Å². The average molecular weight is 302 g/mol. The molecular formula is C17H22N2O3. The molecule has 1 heterocycles. The van der Waals surface area contributed by atoms with E-state index in [9.17, 15) is 4.79 Å². The predicted octanol–water partition coefficient (Wildman–Crippen LogP) is 2.83. The van der Waals surface area contributed by atoms with Crippen molar-refractivity contribution in [2.75, 3.05) is 20.8 Å². The van der Waals surface area contributed by atoms with E-state index < -0.39 is 0 Å². The van der Waals surface area contributed by atoms with Crippen LogP contribution in [0.3, 0.4) is 0 Å². The standard InChI is InChI=1S/C17H22N2O3/c1-21-15-8-7-13(11-16(15)22-2)14-9-10-19(18-14)17(20)12-5-3-4-6-12/h7-8,11-12H,3-6,9-10H2,1-2H3. The lowest BCUT2D eigenvalue weighted by Gasteiger charge is -2.15. The van der Waals surface area contributed by atoms with Gasteiger partial charge in [0.15, 0.2) is 11.5 Å². The highest BCUT2D eigenvalue weighted by Gasteiger charge is 2.30. The molecule has 0 radical (unpaired) electrons. The maximum Gasteiger partial charge on any atom is 0.245 e. The van der Waals surface area contributed by atoms with Gasteiger partial charge in [-0.25, -0.2) is 5.01 Å². The highest BCUT2D eigenvalue weighted by atomic mass is 16.5. The molecule has 1 fully saturated rings. The lowest BCUT2D eigenvalue weighted by atomic mass is 10.1. The zero-order valence-corrected chi connectivity index (χ0v) is 13.2. The van der Waals surface area contributed by atoms with Crippen LogP contribution in [0.4, 0.5) is 0 Å². The smallest absolute Gasteiger partial charge is 0.245 e. The summed E-state index contributed by atoms with van der Waals surface area (Å²) in [5, 5.41) is 6.19. The van der Waals surface area contributed by atoms with Gasteiger partial charge < -0.3 is 9.47 Å². The summed E-state index contributed by atoms with van der Waals surface area (Å²) in [5.41, 5.74) is 1.92. The Balaban J connectivity index is 1.78. The number of carbonyl (C=O) groups excluding carboxylic acids is 1. The van der Waals surface area contributed by atoms with Crippen molar-refractivity contribution in [3.05, 3.63) is 23.8 Å². The number of hydrogen-bond donors (Lipinski definition) is 0. The fourth-order valence-electron chi connectivity index (χ4n) is 3.22. The second kappa shape index (κ2) is 6.38. The van der Waals surface area contributed by atoms with E-state index in [1.54, 1.807) is 19.2 Å². The summed E-state index contributed by atoms with van der Waals surface area (Å²) < 4.78 is 10.6. The van der Waals surface area contributed by atoms with E-state index in [0.29, 0.717) is 18.0 Å². The van der Waals surface area contributed by atoms with E-state index in [1.807, 2.05) is 18.2 Å². The van der Waals surface area contributed by atoms with Crippen molar-refractivity contribution in [2.45, 2.75) is 32.1 Å². The Morgan fingerprint density at radius 3 is 2.59 bits per heavy atom. The van der Waals surface area contributed by atoms with Crippen molar-refractivity contribution in [1.82, 2.24) is 5.01 Å². The summed E-state index contributed by atoms with van der Waals surface area (Å²) in [7, 11) is 3.24. The second-order valence-corrected chi connectivity index (χ2v) is 5.81. The molecule has 5 nitrogen and oxygen atoms in total. The summed E-state index contributed by atoms with van der Waals surface area (Å²) in [6.07, 6.45) is 5.13. The first kappa shape index (κ1) is 14.9. The largest absolute Gasteiger partial charge is 0.493 e. The van der Waals surface area contributed by atoms with Gasteiger partial charge in [-0.3, -0.25) is 4.79 Å². The Bertz CT molecular complexity index is 592. The first-order chi connectivity index (χ1) is 10.7. The van der Waals surface area contributed by atoms with Crippen LogP contribution in [0.2, 0.25) is 0 Å². The van der Waals surface area contributed by atoms with Crippen molar-refractivity contribution in [1.29, 1.82) is 0 Å². The van der Waals surface area contributed by atoms with Crippen molar-refractivity contribution < 1.29 is 14.3 Å². The second-order valence-electron chi connectivity index (χ2n) is 5.81. The number of nitrogens with zero attached hydrogens (tertiary/aromatic N) is 2. The van der Waals surface area contributed by atoms with Crippen LogP contribution >= 0.6 is 0 Å². The molecule has 1 aliphatic heterocycles. The molecule has 1 aromatic rings. The molecular weight excluding hydrogens is 280 g/mol. The number of rotatable bonds is 4. The number of ether oxygens (including phenoxy) is 2. The van der Waals surface area contributed by atoms with Gasteiger partial charge in [-0.2, -0.15) is 5.10 Å². The minimum Gasteiger partial charge on any atom is -0.493 e. The minimum absolute atomic E-state index is 0.175. The first-order valence-corrected chi connectivity index (χ1v) is 7.84. The molecule has 5 heteroatoms. The third-order valence-electron chi connectivity index (χ3n) is 4.48. The Labute approximate surface area is 130 Å². The normalized spacial score (nSPS) is 18.5. The van der Waals surface area contributed by atoms with Crippen molar-refractivity contribution in [3.8, 4) is 11.5 Å². The van der Waals surface area contributed by atoms with Gasteiger partial charge in [0.2, 0.25) is 5.91 Å². The van der Waals surface area contributed by atoms with E-state index in [0.717, 1.165) is 43.4 Å². The lowest BCUT2D eigenvalue weighted by molar-refractivity contribution is -0.134. The maximum atomic E-state index is 12.4. The molecule has 1 saturated carbocycles. The summed E-state index contributed by atoms with van der Waals surface area (Å²) in [6.45, 7) is 0.680. The number of benzene rings is 1. The van der Waals surface area contributed by atoms with E-state index in [-0.39, 0.29) is 11.8 Å². The average Bonchev–Trinajstić information content (AvgIpc) is 3.25. The van der Waals surface area contributed by atoms with Crippen molar-refractivity contribution in [2.24, 2.45) is 11.0 Å². The van der Waals surface area contributed by atoms with E-state index in [2.05, 4.69) is 5.10 Å². The fourth-order valence-corrected chi connectivity index (χ4v) is 3.22. The molecule has 0 N–H and O–H groups in total. The van der Waals surface area contributed by atoms with Crippen LogP contribution < -0.4 is 9.47 Å². The van der Waals surface area contributed by atoms with Crippen LogP contribution in [0.1, 0.15) is 37.7 Å². The molecule has 0 bridgehead atoms. The highest BCUT2D eigenvalue weighted by Crippen LogP contribution is 2.31. The number of hydrogen-bond acceptors (Lipinski definition) is 4. The molecule has 0 unspecified atom stereocenters. The van der Waals surface area contributed by atoms with Crippen LogP contribution in [-0.4, -0.2) is 37.4 Å². The summed E-state index contributed by atoms with van der Waals surface area (Å²) in [5.74, 6) is 1.74. The summed E-state index contributed by atoms with van der Waals surface area (Å²) >= 11 is 0. The van der Waals surface area contributed by atoms with Gasteiger partial charge in [0.25, 0.3) is 0 Å². The topological polar surface area (TPSA) is 51.1 Å². The van der Waals surface area contributed by atoms with Crippen LogP contribution in [0.15, 0.2) is 23.3 Å². The third-order valence-corrected chi connectivity index (χ3v) is 4.48. The van der Waals surface area contributed by atoms with Crippen LogP contribution in [0.5, 0.6) is 11.5 Å². The SMILES string of the molecule is COc1ccc(C2=NN(C(=O)C3CCCC3)CC2)cc1OC. The Morgan fingerprint density at radius 2 is 1.91 bits per heavy atom. The van der Waals surface area contributed by atoms with Gasteiger partial charge >= 0.3 is 0 Å². The fraction of sp³-hybridized carbons (Fsp3) is 0.529. The quantitative estimate of drug-likeness (QED) is 0.859. The monoisotopic (exact) mass is 302 g/mol. The minimum atomic E-state index is 0.175. The number of carbonyl (C=O) groups is 1. The van der Waals surface area contributed by atoms with E-state index in [4.69, 9.17) is 9.47 Å². The third kappa shape index (κ3) is 2.80. The molecule has 1 aliphatic carbocycles. The van der Waals surface area contributed by atoms with Gasteiger partial charge in [0, 0.05) is 17.9 Å². The molecule has 0 saturated heterocycles. The van der Waals surface area contributed by atoms with Gasteiger partial charge in [0.1, 0.15) is 0 Å². The zero-order chi connectivity index (χ0) is 15.5. The predicted molar refractivity (Wildman–Crippen MR) is 84.4 cm³/mol. The van der Waals surface area contributed by atoms with Gasteiger partial charge in [-0.05, 0) is 31.0 Å². The van der Waals surface area contributed by atoms with Crippen LogP contribution in [0.25, 0.3) is 0 Å². The summed E-state index contributed by atoms with van der Waals surface area (Å²) in [4.78, 5) is 12.4. The number of hydrazone groups is 1. The lowest BCUT2D eigenvalue weighted by Crippen LogP contribution is -2.29. The molecule has 0 atom stereocenters. The van der Waals surface area contributed by atoms with Gasteiger partial charge in [-0.15, -0.1) is 0 Å². The molecule has 2 aliphatic rings. The van der Waals surface area contributed by atoms with Crippen molar-refractivity contribution in [3.63, 3.8) is 0 Å². The maximum absolute atomic E-state index is 12.4. The van der Waals surface area contributed by atoms with Crippen molar-refractivity contribution >= 4 is 11.6 Å². The van der Waals surface area contributed by atoms with Crippen LogP contribution in [0, 0.1) is 5.92 Å². The molecule has 1 aromatic carbocycles. The Kier molecular flexibility index (Phi) is 4.32. The zero-order valence-electron chi connectivity index (χ0n) is 13.2. The van der Waals surface area contributed by atoms with Gasteiger partial charge in [-0.1, -0.05) is 12.8 Å². The Morgan fingerprint density at radius 1 is 1.18 bits per heavy atom. The van der Waals surface area contributed by atoms with E-state index >= 15 is 0 Å². The molecule has 118 valence electrons. The molecule has 0 aromatic heterocycles. The van der Waals surface area contributed by atoms with Gasteiger partial charge in [0.05, 0.1) is 26.5 Å². The van der Waals surface area contributed by atoms with Crippen LogP contribution in [-0.2, 0) is 4.79 Å². The first-order valence-electron chi connectivity index (χ1n) is 7.84. The number of methoxy groups -OCH3 is 2. The molecule has 0 spiro atoms. The highest BCUT2D eigenvalue weighted by molar-refractivity contribution is 6.03.